The lowest BCUT2D eigenvalue weighted by Crippen LogP contribution is -2.57. The summed E-state index contributed by atoms with van der Waals surface area (Å²) in [5.41, 5.74) is 1.11. The number of aliphatic hydroxyl groups excluding tert-OH is 1. The van der Waals surface area contributed by atoms with Crippen LogP contribution in [0.25, 0.3) is 0 Å². The Labute approximate surface area is 239 Å². The molecule has 0 fully saturated rings. The van der Waals surface area contributed by atoms with Gasteiger partial charge >= 0.3 is 6.09 Å². The highest BCUT2D eigenvalue weighted by molar-refractivity contribution is 7.89. The highest BCUT2D eigenvalue weighted by Gasteiger charge is 2.33. The van der Waals surface area contributed by atoms with Crippen LogP contribution in [0.15, 0.2) is 64.6 Å². The smallest absolute Gasteiger partial charge is 0.405 e. The van der Waals surface area contributed by atoms with E-state index in [1.165, 1.54) is 24.3 Å². The topological polar surface area (TPSA) is 229 Å². The fourth-order valence-corrected chi connectivity index (χ4v) is 6.28. The molecule has 0 saturated heterocycles. The Morgan fingerprint density at radius 2 is 1.61 bits per heavy atom. The highest BCUT2D eigenvalue weighted by atomic mass is 32.2. The Morgan fingerprint density at radius 1 is 1.00 bits per heavy atom. The second-order valence-corrected chi connectivity index (χ2v) is 13.3. The number of amides is 2. The van der Waals surface area contributed by atoms with Crippen LogP contribution in [0.4, 0.5) is 4.79 Å². The van der Waals surface area contributed by atoms with Crippen LogP contribution in [0, 0.1) is 5.92 Å². The zero-order valence-corrected chi connectivity index (χ0v) is 24.1. The van der Waals surface area contributed by atoms with E-state index in [2.05, 4.69) is 10.5 Å². The lowest BCUT2D eigenvalue weighted by atomic mass is 10.0. The van der Waals surface area contributed by atoms with Crippen LogP contribution in [-0.4, -0.2) is 91.8 Å². The maximum absolute atomic E-state index is 13.6. The minimum Gasteiger partial charge on any atom is -0.465 e. The van der Waals surface area contributed by atoms with Crippen LogP contribution in [0.2, 0.25) is 0 Å². The fourth-order valence-electron chi connectivity index (χ4n) is 3.95. The third-order valence-corrected chi connectivity index (χ3v) is 8.43. The molecular formula is C25H35N5O9S2. The lowest BCUT2D eigenvalue weighted by molar-refractivity contribution is -0.124. The summed E-state index contributed by atoms with van der Waals surface area (Å²) in [6.07, 6.45) is -2.04. The van der Waals surface area contributed by atoms with Gasteiger partial charge in [-0.05, 0) is 35.6 Å². The number of nitrogens with two attached hydrogens (primary N) is 1. The number of rotatable bonds is 15. The summed E-state index contributed by atoms with van der Waals surface area (Å²) in [5.74, 6) is -2.26. The van der Waals surface area contributed by atoms with Crippen LogP contribution in [0.1, 0.15) is 25.0 Å². The van der Waals surface area contributed by atoms with Gasteiger partial charge in [0.05, 0.1) is 29.0 Å². The van der Waals surface area contributed by atoms with E-state index >= 15 is 0 Å². The van der Waals surface area contributed by atoms with E-state index in [9.17, 15) is 31.5 Å². The van der Waals surface area contributed by atoms with Crippen LogP contribution >= 0.6 is 0 Å². The van der Waals surface area contributed by atoms with Gasteiger partial charge in [0.25, 0.3) is 0 Å². The third kappa shape index (κ3) is 11.1. The molecule has 14 nitrogen and oxygen atoms in total. The van der Waals surface area contributed by atoms with Gasteiger partial charge in [-0.3, -0.25) is 4.79 Å². The largest absolute Gasteiger partial charge is 0.465 e. The first-order chi connectivity index (χ1) is 19.1. The van der Waals surface area contributed by atoms with Crippen LogP contribution < -0.4 is 15.8 Å². The summed E-state index contributed by atoms with van der Waals surface area (Å²) in [4.78, 5) is 24.1. The van der Waals surface area contributed by atoms with Gasteiger partial charge in [-0.2, -0.15) is 4.31 Å². The maximum atomic E-state index is 13.6. The second-order valence-electron chi connectivity index (χ2n) is 9.73. The first kappa shape index (κ1) is 33.6. The minimum absolute atomic E-state index is 0.00761. The molecule has 2 aromatic carbocycles. The predicted molar refractivity (Wildman–Crippen MR) is 150 cm³/mol. The molecule has 2 rings (SSSR count). The van der Waals surface area contributed by atoms with E-state index in [1.807, 2.05) is 0 Å². The van der Waals surface area contributed by atoms with Gasteiger partial charge in [-0.25, -0.2) is 26.8 Å². The van der Waals surface area contributed by atoms with E-state index in [0.717, 1.165) is 10.5 Å². The van der Waals surface area contributed by atoms with Gasteiger partial charge in [0.1, 0.15) is 6.04 Å². The van der Waals surface area contributed by atoms with Crippen molar-refractivity contribution in [3.63, 3.8) is 0 Å². The van der Waals surface area contributed by atoms with Gasteiger partial charge in [-0.1, -0.05) is 61.5 Å². The number of nitrogens with one attached hydrogen (secondary N) is 2. The number of sulfonamides is 2. The number of aliphatic hydroxyl groups is 1. The molecule has 0 heterocycles. The molecule has 16 heteroatoms. The molecule has 226 valence electrons. The molecule has 2 amide bonds. The molecule has 0 radical (unpaired) electrons. The quantitative estimate of drug-likeness (QED) is 0.0911. The van der Waals surface area contributed by atoms with E-state index in [0.29, 0.717) is 11.1 Å². The van der Waals surface area contributed by atoms with Crippen LogP contribution in [0.3, 0.4) is 0 Å². The van der Waals surface area contributed by atoms with E-state index in [-0.39, 0.29) is 23.8 Å². The van der Waals surface area contributed by atoms with Crippen molar-refractivity contribution in [1.29, 1.82) is 0 Å². The Hall–Kier alpha value is -3.57. The first-order valence-corrected chi connectivity index (χ1v) is 15.6. The number of primary sulfonamides is 1. The molecule has 3 atom stereocenters. The second kappa shape index (κ2) is 14.9. The molecule has 7 N–H and O–H groups in total. The summed E-state index contributed by atoms with van der Waals surface area (Å²) < 4.78 is 51.4. The monoisotopic (exact) mass is 613 g/mol. The Kier molecular flexibility index (Phi) is 12.2. The standard InChI is InChI=1S/C25H35N5O9S2/c1-17(2)14-30(41(38,39)20-10-8-19(9-11-20)13-27-35)15-23(31)21(12-18-6-4-3-5-7-18)28-24(32)22(29-25(33)34)16-40(26,36)37/h3-11,13,17,21-23,29,31,35H,12,14-16H2,1-2H3,(H,28,32)(H,33,34)(H2,26,36,37)/b27-13+/t21-,22-,23+/m0/s1. The lowest BCUT2D eigenvalue weighted by Gasteiger charge is -2.31. The maximum Gasteiger partial charge on any atom is 0.405 e. The Balaban J connectivity index is 2.41. The molecule has 0 unspecified atom stereocenters. The van der Waals surface area contributed by atoms with Crippen LogP contribution in [0.5, 0.6) is 0 Å². The number of carbonyl (C=O) groups is 2. The summed E-state index contributed by atoms with van der Waals surface area (Å²) in [6, 6.07) is 11.2. The molecule has 41 heavy (non-hydrogen) atoms. The van der Waals surface area contributed by atoms with Gasteiger partial charge < -0.3 is 26.1 Å². The molecule has 0 aliphatic rings. The van der Waals surface area contributed by atoms with Crippen molar-refractivity contribution in [2.45, 2.75) is 43.4 Å². The Bertz CT molecular complexity index is 1400. The predicted octanol–water partition coefficient (Wildman–Crippen LogP) is 0.155. The van der Waals surface area contributed by atoms with Crippen LogP contribution in [-0.2, 0) is 31.3 Å². The zero-order chi connectivity index (χ0) is 30.8. The van der Waals surface area contributed by atoms with Crippen molar-refractivity contribution in [1.82, 2.24) is 14.9 Å². The number of oxime groups is 1. The normalized spacial score (nSPS) is 14.6. The highest BCUT2D eigenvalue weighted by Crippen LogP contribution is 2.20. The van der Waals surface area contributed by atoms with Gasteiger partial charge in [-0.15, -0.1) is 0 Å². The van der Waals surface area contributed by atoms with Gasteiger partial charge in [0, 0.05) is 13.1 Å². The zero-order valence-electron chi connectivity index (χ0n) is 22.5. The van der Waals surface area contributed by atoms with Gasteiger partial charge in [0.15, 0.2) is 0 Å². The molecule has 0 bridgehead atoms. The number of carbonyl (C=O) groups excluding carboxylic acids is 1. The summed E-state index contributed by atoms with van der Waals surface area (Å²) in [7, 11) is -8.42. The number of hydrogen-bond donors (Lipinski definition) is 6. The van der Waals surface area contributed by atoms with Crippen molar-refractivity contribution in [2.75, 3.05) is 18.8 Å². The summed E-state index contributed by atoms with van der Waals surface area (Å²) in [6.45, 7) is 3.13. The molecule has 0 aliphatic heterocycles. The minimum atomic E-state index is -4.28. The molecule has 2 aromatic rings. The molecule has 0 saturated carbocycles. The molecule has 0 spiro atoms. The van der Waals surface area contributed by atoms with Gasteiger partial charge in [0.2, 0.25) is 26.0 Å². The van der Waals surface area contributed by atoms with Crippen molar-refractivity contribution in [3.8, 4) is 0 Å². The number of carboxylic acid groups (broad SMARTS) is 1. The fraction of sp³-hybridized carbons (Fsp3) is 0.400. The summed E-state index contributed by atoms with van der Waals surface area (Å²) in [5, 5.41) is 41.3. The molecule has 0 aliphatic carbocycles. The van der Waals surface area contributed by atoms with Crippen molar-refractivity contribution in [2.24, 2.45) is 16.2 Å². The van der Waals surface area contributed by atoms with E-state index in [1.54, 1.807) is 49.5 Å². The summed E-state index contributed by atoms with van der Waals surface area (Å²) >= 11 is 0. The first-order valence-electron chi connectivity index (χ1n) is 12.4. The van der Waals surface area contributed by atoms with E-state index in [4.69, 9.17) is 15.5 Å². The van der Waals surface area contributed by atoms with Crippen molar-refractivity contribution in [3.05, 3.63) is 65.7 Å². The van der Waals surface area contributed by atoms with Crippen molar-refractivity contribution < 1.29 is 41.8 Å². The average Bonchev–Trinajstić information content (AvgIpc) is 2.87. The van der Waals surface area contributed by atoms with E-state index < -0.39 is 62.5 Å². The molecule has 0 aromatic heterocycles. The SMILES string of the molecule is CC(C)CN(C[C@@H](O)[C@H](Cc1ccccc1)NC(=O)[C@H](CS(N)(=O)=O)NC(=O)O)S(=O)(=O)c1ccc(/C=N/O)cc1. The number of benzene rings is 2. The molecular weight excluding hydrogens is 578 g/mol. The third-order valence-electron chi connectivity index (χ3n) is 5.79. The number of nitrogens with zero attached hydrogens (tertiary/aromatic N) is 2. The number of hydrogen-bond acceptors (Lipinski definition) is 9. The average molecular weight is 614 g/mol. The van der Waals surface area contributed by atoms with Crippen molar-refractivity contribution >= 4 is 38.3 Å². The Morgan fingerprint density at radius 3 is 2.12 bits per heavy atom.